The van der Waals surface area contributed by atoms with E-state index >= 15 is 0 Å². The van der Waals surface area contributed by atoms with Crippen molar-refractivity contribution in [1.82, 2.24) is 0 Å². The molecule has 0 saturated carbocycles. The van der Waals surface area contributed by atoms with Crippen molar-refractivity contribution in [3.8, 4) is 0 Å². The molecule has 0 aliphatic heterocycles. The Hall–Kier alpha value is -2.18. The molecule has 0 fully saturated rings. The number of halogens is 4. The van der Waals surface area contributed by atoms with Gasteiger partial charge in [-0.25, -0.2) is 13.6 Å². The molecule has 1 N–H and O–H groups in total. The molecule has 0 unspecified atom stereocenters. The highest BCUT2D eigenvalue weighted by atomic mass is 35.5. The molecule has 0 bridgehead atoms. The summed E-state index contributed by atoms with van der Waals surface area (Å²) in [6.45, 7) is -0.668. The van der Waals surface area contributed by atoms with Crippen LogP contribution in [-0.4, -0.2) is 18.5 Å². The van der Waals surface area contributed by atoms with Crippen LogP contribution in [0.5, 0.6) is 0 Å². The first-order valence-electron chi connectivity index (χ1n) is 6.24. The Labute approximate surface area is 140 Å². The Morgan fingerprint density at radius 3 is 2.43 bits per heavy atom. The van der Waals surface area contributed by atoms with Crippen molar-refractivity contribution < 1.29 is 23.1 Å². The second-order valence-corrected chi connectivity index (χ2v) is 5.16. The molecule has 0 aliphatic carbocycles. The van der Waals surface area contributed by atoms with Gasteiger partial charge in [0.05, 0.1) is 10.0 Å². The van der Waals surface area contributed by atoms with Crippen LogP contribution in [0.2, 0.25) is 10.0 Å². The minimum atomic E-state index is -1.07. The normalized spacial score (nSPS) is 10.3. The van der Waals surface area contributed by atoms with Gasteiger partial charge in [-0.05, 0) is 30.3 Å². The van der Waals surface area contributed by atoms with E-state index in [9.17, 15) is 18.4 Å². The number of nitrogens with one attached hydrogen (secondary N) is 1. The zero-order valence-electron chi connectivity index (χ0n) is 11.4. The zero-order chi connectivity index (χ0) is 17.0. The molecule has 0 heterocycles. The van der Waals surface area contributed by atoms with Gasteiger partial charge in [0.1, 0.15) is 17.2 Å². The average Bonchev–Trinajstić information content (AvgIpc) is 2.49. The van der Waals surface area contributed by atoms with Crippen LogP contribution in [0.4, 0.5) is 14.5 Å². The van der Waals surface area contributed by atoms with Gasteiger partial charge >= 0.3 is 5.97 Å². The second-order valence-electron chi connectivity index (χ2n) is 4.35. The predicted molar refractivity (Wildman–Crippen MR) is 81.7 cm³/mol. The highest BCUT2D eigenvalue weighted by Crippen LogP contribution is 2.21. The lowest BCUT2D eigenvalue weighted by Gasteiger charge is -2.08. The van der Waals surface area contributed by atoms with E-state index < -0.39 is 35.7 Å². The van der Waals surface area contributed by atoms with E-state index in [1.54, 1.807) is 0 Å². The molecular formula is C15H9Cl2F2NO3. The maximum atomic E-state index is 13.5. The Morgan fingerprint density at radius 1 is 1.04 bits per heavy atom. The fourth-order valence-corrected chi connectivity index (χ4v) is 2.09. The number of anilines is 1. The van der Waals surface area contributed by atoms with Crippen molar-refractivity contribution in [2.24, 2.45) is 0 Å². The van der Waals surface area contributed by atoms with Gasteiger partial charge in [0.15, 0.2) is 6.61 Å². The zero-order valence-corrected chi connectivity index (χ0v) is 12.9. The summed E-state index contributed by atoms with van der Waals surface area (Å²) in [5.74, 6) is -3.26. The van der Waals surface area contributed by atoms with Crippen LogP contribution in [0.1, 0.15) is 10.4 Å². The van der Waals surface area contributed by atoms with Gasteiger partial charge in [-0.2, -0.15) is 0 Å². The predicted octanol–water partition coefficient (Wildman–Crippen LogP) is 4.07. The second kappa shape index (κ2) is 7.39. The van der Waals surface area contributed by atoms with Gasteiger partial charge in [-0.1, -0.05) is 29.3 Å². The number of hydrogen-bond donors (Lipinski definition) is 1. The van der Waals surface area contributed by atoms with E-state index in [0.29, 0.717) is 0 Å². The summed E-state index contributed by atoms with van der Waals surface area (Å²) >= 11 is 11.3. The Kier molecular flexibility index (Phi) is 5.52. The lowest BCUT2D eigenvalue weighted by atomic mass is 10.2. The smallest absolute Gasteiger partial charge is 0.343 e. The lowest BCUT2D eigenvalue weighted by molar-refractivity contribution is -0.119. The van der Waals surface area contributed by atoms with E-state index in [1.165, 1.54) is 24.3 Å². The van der Waals surface area contributed by atoms with E-state index in [0.717, 1.165) is 12.1 Å². The topological polar surface area (TPSA) is 55.4 Å². The number of esters is 1. The Morgan fingerprint density at radius 2 is 1.78 bits per heavy atom. The summed E-state index contributed by atoms with van der Waals surface area (Å²) in [4.78, 5) is 23.4. The van der Waals surface area contributed by atoms with Crippen molar-refractivity contribution in [3.05, 3.63) is 63.6 Å². The molecule has 0 spiro atoms. The van der Waals surface area contributed by atoms with Crippen LogP contribution in [0.3, 0.4) is 0 Å². The van der Waals surface area contributed by atoms with Crippen molar-refractivity contribution in [2.75, 3.05) is 11.9 Å². The third-order valence-electron chi connectivity index (χ3n) is 2.70. The molecule has 23 heavy (non-hydrogen) atoms. The van der Waals surface area contributed by atoms with E-state index in [1.807, 2.05) is 0 Å². The van der Waals surface area contributed by atoms with Gasteiger partial charge in [0.25, 0.3) is 5.91 Å². The van der Waals surface area contributed by atoms with E-state index in [2.05, 4.69) is 5.32 Å². The van der Waals surface area contributed by atoms with Crippen molar-refractivity contribution in [1.29, 1.82) is 0 Å². The van der Waals surface area contributed by atoms with Crippen molar-refractivity contribution in [3.63, 3.8) is 0 Å². The van der Waals surface area contributed by atoms with Gasteiger partial charge in [-0.15, -0.1) is 0 Å². The summed E-state index contributed by atoms with van der Waals surface area (Å²) in [7, 11) is 0. The maximum Gasteiger partial charge on any atom is 0.343 e. The monoisotopic (exact) mass is 359 g/mol. The Balaban J connectivity index is 1.96. The maximum absolute atomic E-state index is 13.5. The molecule has 0 aliphatic rings. The average molecular weight is 360 g/mol. The lowest BCUT2D eigenvalue weighted by Crippen LogP contribution is -2.21. The van der Waals surface area contributed by atoms with Gasteiger partial charge in [0.2, 0.25) is 0 Å². The quantitative estimate of drug-likeness (QED) is 0.837. The fourth-order valence-electron chi connectivity index (χ4n) is 1.67. The van der Waals surface area contributed by atoms with Crippen LogP contribution in [0.15, 0.2) is 36.4 Å². The molecular weight excluding hydrogens is 351 g/mol. The number of carbonyl (C=O) groups excluding carboxylic acids is 2. The summed E-state index contributed by atoms with van der Waals surface area (Å²) in [6.07, 6.45) is 0. The third kappa shape index (κ3) is 4.40. The van der Waals surface area contributed by atoms with E-state index in [-0.39, 0.29) is 15.7 Å². The first-order chi connectivity index (χ1) is 10.9. The van der Waals surface area contributed by atoms with Crippen LogP contribution < -0.4 is 5.32 Å². The number of carbonyl (C=O) groups is 2. The molecule has 8 heteroatoms. The van der Waals surface area contributed by atoms with Crippen LogP contribution in [0.25, 0.3) is 0 Å². The molecule has 120 valence electrons. The minimum Gasteiger partial charge on any atom is -0.452 e. The van der Waals surface area contributed by atoms with Crippen LogP contribution in [0, 0.1) is 11.6 Å². The minimum absolute atomic E-state index is 0.124. The van der Waals surface area contributed by atoms with Crippen molar-refractivity contribution in [2.45, 2.75) is 0 Å². The third-order valence-corrected chi connectivity index (χ3v) is 3.31. The Bertz CT molecular complexity index is 748. The number of ether oxygens (including phenoxy) is 1. The molecule has 1 amide bonds. The summed E-state index contributed by atoms with van der Waals surface area (Å²) < 4.78 is 31.2. The number of benzene rings is 2. The first kappa shape index (κ1) is 17.2. The van der Waals surface area contributed by atoms with Gasteiger partial charge in [-0.3, -0.25) is 4.79 Å². The molecule has 0 atom stereocenters. The molecule has 2 aromatic rings. The molecule has 0 saturated heterocycles. The standard InChI is InChI=1S/C15H9Cl2F2NO3/c16-9-2-1-3-12(19)14(9)15(22)23-7-13(21)20-8-4-5-11(18)10(17)6-8/h1-6H,7H2,(H,20,21). The van der Waals surface area contributed by atoms with Crippen LogP contribution in [-0.2, 0) is 9.53 Å². The first-order valence-corrected chi connectivity index (χ1v) is 7.00. The fraction of sp³-hybridized carbons (Fsp3) is 0.0667. The van der Waals surface area contributed by atoms with Gasteiger partial charge < -0.3 is 10.1 Å². The molecule has 0 radical (unpaired) electrons. The van der Waals surface area contributed by atoms with Crippen LogP contribution >= 0.6 is 23.2 Å². The molecule has 2 aromatic carbocycles. The SMILES string of the molecule is O=C(COC(=O)c1c(F)cccc1Cl)Nc1ccc(F)c(Cl)c1. The van der Waals surface area contributed by atoms with E-state index in [4.69, 9.17) is 27.9 Å². The number of rotatable bonds is 4. The summed E-state index contributed by atoms with van der Waals surface area (Å²) in [5, 5.41) is 2.06. The highest BCUT2D eigenvalue weighted by Gasteiger charge is 2.18. The molecule has 4 nitrogen and oxygen atoms in total. The van der Waals surface area contributed by atoms with Gasteiger partial charge in [0, 0.05) is 5.69 Å². The largest absolute Gasteiger partial charge is 0.452 e. The number of hydrogen-bond acceptors (Lipinski definition) is 3. The highest BCUT2D eigenvalue weighted by molar-refractivity contribution is 6.33. The summed E-state index contributed by atoms with van der Waals surface area (Å²) in [5.41, 5.74) is -0.229. The molecule has 0 aromatic heterocycles. The number of amides is 1. The summed E-state index contributed by atoms with van der Waals surface area (Å²) in [6, 6.07) is 7.26. The molecule has 2 rings (SSSR count). The van der Waals surface area contributed by atoms with Crippen molar-refractivity contribution >= 4 is 40.8 Å².